The molecule has 2 rings (SSSR count). The van der Waals surface area contributed by atoms with E-state index in [1.807, 2.05) is 6.20 Å². The molecule has 2 N–H and O–H groups in total. The number of rotatable bonds is 5. The van der Waals surface area contributed by atoms with Crippen molar-refractivity contribution in [3.8, 4) is 0 Å². The molecule has 1 aliphatic carbocycles. The van der Waals surface area contributed by atoms with Gasteiger partial charge in [-0.05, 0) is 18.8 Å². The molecule has 0 radical (unpaired) electrons. The molecular formula is C11H18N4O. The minimum Gasteiger partial charge on any atom is -0.382 e. The lowest BCUT2D eigenvalue weighted by atomic mass is 9.85. The Morgan fingerprint density at radius 1 is 1.62 bits per heavy atom. The molecule has 0 spiro atoms. The van der Waals surface area contributed by atoms with Gasteiger partial charge in [0.1, 0.15) is 6.54 Å². The van der Waals surface area contributed by atoms with Crippen LogP contribution in [0.2, 0.25) is 0 Å². The molecule has 0 bridgehead atoms. The molecule has 0 unspecified atom stereocenters. The van der Waals surface area contributed by atoms with Crippen molar-refractivity contribution in [1.29, 1.82) is 0 Å². The van der Waals surface area contributed by atoms with Crippen LogP contribution < -0.4 is 10.6 Å². The first-order valence-corrected chi connectivity index (χ1v) is 5.75. The van der Waals surface area contributed by atoms with Crippen molar-refractivity contribution in [2.24, 2.45) is 5.92 Å². The predicted molar refractivity (Wildman–Crippen MR) is 62.1 cm³/mol. The Bertz CT molecular complexity index is 357. The number of anilines is 1. The molecule has 16 heavy (non-hydrogen) atoms. The minimum absolute atomic E-state index is 0.0337. The number of amides is 1. The van der Waals surface area contributed by atoms with Crippen LogP contribution in [-0.2, 0) is 11.3 Å². The highest BCUT2D eigenvalue weighted by atomic mass is 16.1. The summed E-state index contributed by atoms with van der Waals surface area (Å²) in [6.07, 6.45) is 7.66. The lowest BCUT2D eigenvalue weighted by Crippen LogP contribution is -2.23. The van der Waals surface area contributed by atoms with Crippen molar-refractivity contribution in [3.63, 3.8) is 0 Å². The molecule has 1 fully saturated rings. The van der Waals surface area contributed by atoms with Gasteiger partial charge in [0.05, 0.1) is 11.9 Å². The number of carbonyl (C=O) groups excluding carboxylic acids is 1. The summed E-state index contributed by atoms with van der Waals surface area (Å²) in [5.41, 5.74) is 0.996. The Labute approximate surface area is 95.2 Å². The monoisotopic (exact) mass is 222 g/mol. The third kappa shape index (κ3) is 2.74. The van der Waals surface area contributed by atoms with Gasteiger partial charge in [0, 0.05) is 19.8 Å². The van der Waals surface area contributed by atoms with E-state index in [1.165, 1.54) is 19.3 Å². The van der Waals surface area contributed by atoms with Crippen molar-refractivity contribution in [2.75, 3.05) is 18.9 Å². The maximum absolute atomic E-state index is 11.1. The van der Waals surface area contributed by atoms with Crippen LogP contribution in [0.4, 0.5) is 5.69 Å². The maximum atomic E-state index is 11.1. The summed E-state index contributed by atoms with van der Waals surface area (Å²) < 4.78 is 1.64. The minimum atomic E-state index is -0.0337. The quantitative estimate of drug-likeness (QED) is 0.776. The van der Waals surface area contributed by atoms with E-state index < -0.39 is 0 Å². The highest BCUT2D eigenvalue weighted by Crippen LogP contribution is 2.26. The van der Waals surface area contributed by atoms with Gasteiger partial charge in [0.15, 0.2) is 0 Å². The SMILES string of the molecule is CNC(=O)Cn1cc(NCC2CCC2)cn1. The first-order valence-electron chi connectivity index (χ1n) is 5.75. The van der Waals surface area contributed by atoms with Crippen LogP contribution >= 0.6 is 0 Å². The van der Waals surface area contributed by atoms with E-state index in [0.29, 0.717) is 0 Å². The lowest BCUT2D eigenvalue weighted by Gasteiger charge is -2.25. The van der Waals surface area contributed by atoms with Gasteiger partial charge >= 0.3 is 0 Å². The Morgan fingerprint density at radius 2 is 2.44 bits per heavy atom. The Kier molecular flexibility index (Phi) is 3.44. The topological polar surface area (TPSA) is 59.0 Å². The predicted octanol–water partition coefficient (Wildman–Crippen LogP) is 0.841. The van der Waals surface area contributed by atoms with E-state index in [2.05, 4.69) is 15.7 Å². The van der Waals surface area contributed by atoms with E-state index in [9.17, 15) is 4.79 Å². The molecule has 1 aromatic heterocycles. The van der Waals surface area contributed by atoms with Crippen LogP contribution in [-0.4, -0.2) is 29.3 Å². The lowest BCUT2D eigenvalue weighted by molar-refractivity contribution is -0.121. The van der Waals surface area contributed by atoms with Gasteiger partial charge < -0.3 is 10.6 Å². The number of nitrogens with one attached hydrogen (secondary N) is 2. The first kappa shape index (κ1) is 11.0. The summed E-state index contributed by atoms with van der Waals surface area (Å²) in [5.74, 6) is 0.788. The molecular weight excluding hydrogens is 204 g/mol. The van der Waals surface area contributed by atoms with Gasteiger partial charge in [-0.1, -0.05) is 6.42 Å². The second kappa shape index (κ2) is 5.01. The van der Waals surface area contributed by atoms with Crippen LogP contribution in [0.1, 0.15) is 19.3 Å². The third-order valence-corrected chi connectivity index (χ3v) is 3.04. The third-order valence-electron chi connectivity index (χ3n) is 3.04. The second-order valence-electron chi connectivity index (χ2n) is 4.28. The molecule has 1 heterocycles. The number of likely N-dealkylation sites (N-methyl/N-ethyl adjacent to an activating group) is 1. The highest BCUT2D eigenvalue weighted by molar-refractivity contribution is 5.75. The zero-order valence-corrected chi connectivity index (χ0v) is 9.57. The van der Waals surface area contributed by atoms with E-state index in [0.717, 1.165) is 18.2 Å². The van der Waals surface area contributed by atoms with Gasteiger partial charge in [-0.3, -0.25) is 9.48 Å². The summed E-state index contributed by atoms with van der Waals surface area (Å²) in [7, 11) is 1.63. The zero-order chi connectivity index (χ0) is 11.4. The standard InChI is InChI=1S/C11H18N4O/c1-12-11(16)8-15-7-10(6-14-15)13-5-9-3-2-4-9/h6-7,9,13H,2-5,8H2,1H3,(H,12,16). The zero-order valence-electron chi connectivity index (χ0n) is 9.57. The van der Waals surface area contributed by atoms with E-state index in [1.54, 1.807) is 17.9 Å². The van der Waals surface area contributed by atoms with Gasteiger partial charge in [-0.15, -0.1) is 0 Å². The molecule has 1 aromatic rings. The molecule has 1 aliphatic rings. The molecule has 5 heteroatoms. The van der Waals surface area contributed by atoms with Crippen LogP contribution in [0, 0.1) is 5.92 Å². The molecule has 0 saturated heterocycles. The molecule has 5 nitrogen and oxygen atoms in total. The van der Waals surface area contributed by atoms with Crippen molar-refractivity contribution in [3.05, 3.63) is 12.4 Å². The van der Waals surface area contributed by atoms with E-state index >= 15 is 0 Å². The smallest absolute Gasteiger partial charge is 0.241 e. The van der Waals surface area contributed by atoms with Crippen LogP contribution in [0.5, 0.6) is 0 Å². The Hall–Kier alpha value is -1.52. The first-order chi connectivity index (χ1) is 7.78. The van der Waals surface area contributed by atoms with Crippen LogP contribution in [0.15, 0.2) is 12.4 Å². The highest BCUT2D eigenvalue weighted by Gasteiger charge is 2.16. The fraction of sp³-hybridized carbons (Fsp3) is 0.636. The molecule has 1 amide bonds. The summed E-state index contributed by atoms with van der Waals surface area (Å²) in [4.78, 5) is 11.1. The number of hydrogen-bond donors (Lipinski definition) is 2. The maximum Gasteiger partial charge on any atom is 0.241 e. The van der Waals surface area contributed by atoms with Crippen LogP contribution in [0.3, 0.4) is 0 Å². The van der Waals surface area contributed by atoms with Gasteiger partial charge in [-0.25, -0.2) is 0 Å². The fourth-order valence-electron chi connectivity index (χ4n) is 1.73. The van der Waals surface area contributed by atoms with Gasteiger partial charge in [0.2, 0.25) is 5.91 Å². The number of nitrogens with zero attached hydrogens (tertiary/aromatic N) is 2. The van der Waals surface area contributed by atoms with Crippen LogP contribution in [0.25, 0.3) is 0 Å². The van der Waals surface area contributed by atoms with Crippen molar-refractivity contribution >= 4 is 11.6 Å². The summed E-state index contributed by atoms with van der Waals surface area (Å²) in [5, 5.41) is 10.0. The van der Waals surface area contributed by atoms with Gasteiger partial charge in [0.25, 0.3) is 0 Å². The molecule has 88 valence electrons. The van der Waals surface area contributed by atoms with Crippen molar-refractivity contribution in [1.82, 2.24) is 15.1 Å². The molecule has 0 aliphatic heterocycles. The second-order valence-corrected chi connectivity index (χ2v) is 4.28. The van der Waals surface area contributed by atoms with Crippen molar-refractivity contribution < 1.29 is 4.79 Å². The average molecular weight is 222 g/mol. The Balaban J connectivity index is 1.79. The Morgan fingerprint density at radius 3 is 3.06 bits per heavy atom. The normalized spacial score (nSPS) is 15.6. The molecule has 1 saturated carbocycles. The molecule has 0 atom stereocenters. The number of carbonyl (C=O) groups is 1. The largest absolute Gasteiger partial charge is 0.382 e. The summed E-state index contributed by atoms with van der Waals surface area (Å²) >= 11 is 0. The molecule has 0 aromatic carbocycles. The summed E-state index contributed by atoms with van der Waals surface area (Å²) in [6.45, 7) is 1.30. The number of aromatic nitrogens is 2. The summed E-state index contributed by atoms with van der Waals surface area (Å²) in [6, 6.07) is 0. The van der Waals surface area contributed by atoms with Gasteiger partial charge in [-0.2, -0.15) is 5.10 Å². The number of hydrogen-bond acceptors (Lipinski definition) is 3. The van der Waals surface area contributed by atoms with E-state index in [-0.39, 0.29) is 12.5 Å². The van der Waals surface area contributed by atoms with Crippen molar-refractivity contribution in [2.45, 2.75) is 25.8 Å². The average Bonchev–Trinajstić information content (AvgIpc) is 2.63. The van der Waals surface area contributed by atoms with E-state index in [4.69, 9.17) is 0 Å². The fourth-order valence-corrected chi connectivity index (χ4v) is 1.73.